The van der Waals surface area contributed by atoms with E-state index in [1.54, 1.807) is 10.8 Å². The van der Waals surface area contributed by atoms with Crippen molar-refractivity contribution in [1.82, 2.24) is 10.6 Å². The Labute approximate surface area is 175 Å². The molecule has 27 heavy (non-hydrogen) atoms. The number of unbranched alkanes of at least 4 members (excludes halogenated alkanes) is 1. The smallest absolute Gasteiger partial charge is 0.220 e. The minimum absolute atomic E-state index is 0.0878. The number of hydrogen-bond donors (Lipinski definition) is 2. The van der Waals surface area contributed by atoms with Crippen LogP contribution in [0.15, 0.2) is 12.1 Å². The molecule has 0 rings (SSSR count). The van der Waals surface area contributed by atoms with Gasteiger partial charge in [-0.15, -0.1) is 5.98 Å². The van der Waals surface area contributed by atoms with Gasteiger partial charge in [0, 0.05) is 37.9 Å². The molecule has 0 aromatic heterocycles. The van der Waals surface area contributed by atoms with Crippen LogP contribution in [0.3, 0.4) is 0 Å². The summed E-state index contributed by atoms with van der Waals surface area (Å²) in [6, 6.07) is 0.548. The van der Waals surface area contributed by atoms with E-state index in [9.17, 15) is 4.79 Å². The molecular formula is C19H38BN2O3S2. The fourth-order valence-corrected chi connectivity index (χ4v) is 3.51. The zero-order valence-electron chi connectivity index (χ0n) is 17.5. The maximum atomic E-state index is 11.7. The molecule has 0 spiro atoms. The maximum Gasteiger partial charge on any atom is 0.220 e. The average molecular weight is 417 g/mol. The van der Waals surface area contributed by atoms with E-state index >= 15 is 0 Å². The number of carbonyl (C=O) groups is 1. The first kappa shape index (κ1) is 26.9. The standard InChI is InChI=1S/C19H38BN2O3S2/c1-17(2)20-9-7-13-24-14-10-22-19(23)8-5-6-12-25-16-27-26-15-11-21-18(3)4/h7,9,17-18,21H,5-6,8,10-16H2,1-4H3,(H,22,23)/b9-7+. The van der Waals surface area contributed by atoms with Crippen LogP contribution in [0.25, 0.3) is 0 Å². The molecule has 1 amide bonds. The van der Waals surface area contributed by atoms with E-state index in [2.05, 4.69) is 45.6 Å². The molecule has 0 heterocycles. The summed E-state index contributed by atoms with van der Waals surface area (Å²) in [7, 11) is 5.70. The molecule has 0 bridgehead atoms. The van der Waals surface area contributed by atoms with Crippen LogP contribution in [0, 0.1) is 0 Å². The van der Waals surface area contributed by atoms with Gasteiger partial charge in [0.15, 0.2) is 0 Å². The molecule has 2 N–H and O–H groups in total. The van der Waals surface area contributed by atoms with Gasteiger partial charge in [-0.3, -0.25) is 4.79 Å². The Hall–Kier alpha value is -0.145. The maximum absolute atomic E-state index is 11.7. The van der Waals surface area contributed by atoms with Crippen molar-refractivity contribution in [3.05, 3.63) is 12.1 Å². The van der Waals surface area contributed by atoms with Crippen LogP contribution in [-0.2, 0) is 14.3 Å². The average Bonchev–Trinajstić information content (AvgIpc) is 2.61. The molecule has 1 radical (unpaired) electrons. The van der Waals surface area contributed by atoms with Crippen molar-refractivity contribution in [3.63, 3.8) is 0 Å². The lowest BCUT2D eigenvalue weighted by molar-refractivity contribution is -0.121. The lowest BCUT2D eigenvalue weighted by atomic mass is 9.66. The summed E-state index contributed by atoms with van der Waals surface area (Å²) in [4.78, 5) is 11.7. The summed E-state index contributed by atoms with van der Waals surface area (Å²) < 4.78 is 11.0. The van der Waals surface area contributed by atoms with Crippen LogP contribution in [0.4, 0.5) is 0 Å². The van der Waals surface area contributed by atoms with Gasteiger partial charge in [-0.05, 0) is 12.8 Å². The molecule has 0 aliphatic rings. The first-order valence-corrected chi connectivity index (χ1v) is 12.4. The molecule has 0 saturated carbocycles. The second kappa shape index (κ2) is 20.6. The summed E-state index contributed by atoms with van der Waals surface area (Å²) >= 11 is 0. The number of nitrogens with one attached hydrogen (secondary N) is 2. The highest BCUT2D eigenvalue weighted by molar-refractivity contribution is 8.76. The fourth-order valence-electron chi connectivity index (χ4n) is 1.92. The molecule has 0 unspecified atom stereocenters. The Morgan fingerprint density at radius 2 is 1.89 bits per heavy atom. The molecule has 0 aliphatic heterocycles. The summed E-state index contributed by atoms with van der Waals surface area (Å²) in [6.07, 6.45) is 4.31. The Bertz CT molecular complexity index is 373. The van der Waals surface area contributed by atoms with Crippen LogP contribution in [0.5, 0.6) is 0 Å². The van der Waals surface area contributed by atoms with Gasteiger partial charge in [0.2, 0.25) is 5.91 Å². The van der Waals surface area contributed by atoms with Gasteiger partial charge in [0.1, 0.15) is 13.2 Å². The van der Waals surface area contributed by atoms with E-state index in [0.29, 0.717) is 50.6 Å². The predicted octanol–water partition coefficient (Wildman–Crippen LogP) is 3.69. The zero-order valence-corrected chi connectivity index (χ0v) is 19.1. The molecule has 0 fully saturated rings. The van der Waals surface area contributed by atoms with E-state index in [4.69, 9.17) is 9.47 Å². The van der Waals surface area contributed by atoms with Crippen molar-refractivity contribution < 1.29 is 14.3 Å². The van der Waals surface area contributed by atoms with E-state index in [1.165, 1.54) is 0 Å². The summed E-state index contributed by atoms with van der Waals surface area (Å²) in [5.41, 5.74) is 0. The molecule has 8 heteroatoms. The lowest BCUT2D eigenvalue weighted by Gasteiger charge is -2.07. The van der Waals surface area contributed by atoms with Gasteiger partial charge >= 0.3 is 0 Å². The lowest BCUT2D eigenvalue weighted by Crippen LogP contribution is -2.27. The largest absolute Gasteiger partial charge is 0.376 e. The monoisotopic (exact) mass is 417 g/mol. The minimum Gasteiger partial charge on any atom is -0.376 e. The molecule has 0 aliphatic carbocycles. The Kier molecular flexibility index (Phi) is 20.5. The van der Waals surface area contributed by atoms with E-state index in [0.717, 1.165) is 25.1 Å². The first-order chi connectivity index (χ1) is 13.0. The van der Waals surface area contributed by atoms with Crippen molar-refractivity contribution in [2.24, 2.45) is 0 Å². The number of carbonyl (C=O) groups excluding carboxylic acids is 1. The number of ether oxygens (including phenoxy) is 2. The molecule has 157 valence electrons. The molecular weight excluding hydrogens is 379 g/mol. The Morgan fingerprint density at radius 3 is 2.63 bits per heavy atom. The third kappa shape index (κ3) is 23.8. The van der Waals surface area contributed by atoms with Gasteiger partial charge < -0.3 is 20.1 Å². The summed E-state index contributed by atoms with van der Waals surface area (Å²) in [5, 5.41) is 6.26. The van der Waals surface area contributed by atoms with Crippen molar-refractivity contribution in [2.45, 2.75) is 58.8 Å². The molecule has 5 nitrogen and oxygen atoms in total. The van der Waals surface area contributed by atoms with Crippen LogP contribution >= 0.6 is 21.6 Å². The van der Waals surface area contributed by atoms with E-state index < -0.39 is 0 Å². The van der Waals surface area contributed by atoms with E-state index in [1.807, 2.05) is 22.8 Å². The van der Waals surface area contributed by atoms with Crippen LogP contribution in [0.2, 0.25) is 5.82 Å². The van der Waals surface area contributed by atoms with Crippen LogP contribution < -0.4 is 10.6 Å². The Morgan fingerprint density at radius 1 is 1.07 bits per heavy atom. The van der Waals surface area contributed by atoms with E-state index in [-0.39, 0.29) is 5.91 Å². The van der Waals surface area contributed by atoms with Crippen molar-refractivity contribution in [1.29, 1.82) is 0 Å². The highest BCUT2D eigenvalue weighted by Crippen LogP contribution is 2.20. The molecule has 0 aromatic rings. The van der Waals surface area contributed by atoms with Crippen molar-refractivity contribution in [2.75, 3.05) is 44.6 Å². The Balaban J connectivity index is 3.23. The second-order valence-electron chi connectivity index (χ2n) is 6.82. The third-order valence-corrected chi connectivity index (χ3v) is 5.40. The SMILES string of the molecule is CC(C)[B]/C=C/COCCNC(=O)CCCCOCSSCCNC(C)C. The van der Waals surface area contributed by atoms with Gasteiger partial charge in [-0.1, -0.05) is 61.2 Å². The number of rotatable bonds is 19. The highest BCUT2D eigenvalue weighted by Gasteiger charge is 2.00. The molecule has 0 saturated heterocycles. The minimum atomic E-state index is 0.0878. The van der Waals surface area contributed by atoms with Crippen molar-refractivity contribution >= 4 is 34.8 Å². The topological polar surface area (TPSA) is 59.6 Å². The summed E-state index contributed by atoms with van der Waals surface area (Å²) in [6.45, 7) is 12.0. The summed E-state index contributed by atoms with van der Waals surface area (Å²) in [5.74, 6) is 4.46. The third-order valence-electron chi connectivity index (χ3n) is 3.31. The number of hydrogen-bond acceptors (Lipinski definition) is 6. The quantitative estimate of drug-likeness (QED) is 0.145. The van der Waals surface area contributed by atoms with Gasteiger partial charge in [0.05, 0.1) is 13.2 Å². The molecule has 0 aromatic carbocycles. The zero-order chi connectivity index (χ0) is 20.2. The number of amides is 1. The van der Waals surface area contributed by atoms with Gasteiger partial charge in [-0.2, -0.15) is 0 Å². The highest BCUT2D eigenvalue weighted by atomic mass is 33.1. The van der Waals surface area contributed by atoms with Gasteiger partial charge in [-0.25, -0.2) is 0 Å². The fraction of sp³-hybridized carbons (Fsp3) is 0.842. The first-order valence-electron chi connectivity index (χ1n) is 9.92. The van der Waals surface area contributed by atoms with Crippen LogP contribution in [-0.4, -0.2) is 63.8 Å². The normalized spacial score (nSPS) is 11.6. The second-order valence-corrected chi connectivity index (χ2v) is 9.35. The van der Waals surface area contributed by atoms with Crippen molar-refractivity contribution in [3.8, 4) is 0 Å². The predicted molar refractivity (Wildman–Crippen MR) is 122 cm³/mol. The van der Waals surface area contributed by atoms with Crippen LogP contribution in [0.1, 0.15) is 47.0 Å². The van der Waals surface area contributed by atoms with Gasteiger partial charge in [0.25, 0.3) is 0 Å². The molecule has 0 atom stereocenters.